The molecule has 3 aromatic rings. The fraction of sp³-hybridized carbons (Fsp3) is 0.462. The molecule has 1 amide bonds. The Bertz CT molecular complexity index is 1350. The number of carbonyl (C=O) groups is 1. The second-order valence-corrected chi connectivity index (χ2v) is 12.7. The lowest BCUT2D eigenvalue weighted by atomic mass is 9.96. The van der Waals surface area contributed by atoms with E-state index >= 15 is 0 Å². The number of fused-ring (bicyclic) bond motifs is 1. The van der Waals surface area contributed by atoms with Gasteiger partial charge in [-0.25, -0.2) is 8.42 Å². The van der Waals surface area contributed by atoms with E-state index in [0.29, 0.717) is 29.7 Å². The number of aryl methyl sites for hydroxylation is 1. The van der Waals surface area contributed by atoms with Crippen LogP contribution in [-0.4, -0.2) is 60.6 Å². The molecule has 1 aliphatic heterocycles. The van der Waals surface area contributed by atoms with E-state index in [4.69, 9.17) is 5.10 Å². The molecule has 1 saturated heterocycles. The Labute approximate surface area is 216 Å². The summed E-state index contributed by atoms with van der Waals surface area (Å²) in [5.74, 6) is -0.203. The molecule has 1 aliphatic carbocycles. The standard InChI is InChI=1S/C26H33N5O3S2/c1-3-24(30-15-13-27-14-16-30)36(33,34)21-11-9-19(10-12-21)28-25(32)23-17-22-18(2)29-31(26(22)35-23)20-7-5-4-6-8-20/h3,9-12,17,20,24,27H,1,4-8,13-16H2,2H3,(H,28,32). The molecule has 8 nitrogen and oxygen atoms in total. The third kappa shape index (κ3) is 4.87. The van der Waals surface area contributed by atoms with Crippen molar-refractivity contribution in [2.75, 3.05) is 31.5 Å². The third-order valence-corrected chi connectivity index (χ3v) is 10.4. The highest BCUT2D eigenvalue weighted by molar-refractivity contribution is 7.92. The van der Waals surface area contributed by atoms with Crippen LogP contribution in [0.25, 0.3) is 10.2 Å². The zero-order valence-electron chi connectivity index (χ0n) is 20.6. The summed E-state index contributed by atoms with van der Waals surface area (Å²) in [6.45, 7) is 8.56. The Morgan fingerprint density at radius 1 is 1.19 bits per heavy atom. The van der Waals surface area contributed by atoms with E-state index in [1.54, 1.807) is 24.3 Å². The second-order valence-electron chi connectivity index (χ2n) is 9.59. The fourth-order valence-electron chi connectivity index (χ4n) is 5.23. The number of carbonyl (C=O) groups excluding carboxylic acids is 1. The molecule has 2 N–H and O–H groups in total. The van der Waals surface area contributed by atoms with E-state index in [9.17, 15) is 13.2 Å². The van der Waals surface area contributed by atoms with Gasteiger partial charge in [0.05, 0.1) is 21.5 Å². The van der Waals surface area contributed by atoms with E-state index in [2.05, 4.69) is 21.9 Å². The topological polar surface area (TPSA) is 96.3 Å². The van der Waals surface area contributed by atoms with E-state index < -0.39 is 15.2 Å². The van der Waals surface area contributed by atoms with Crippen molar-refractivity contribution in [1.29, 1.82) is 0 Å². The Hall–Kier alpha value is -2.53. The molecule has 1 atom stereocenters. The van der Waals surface area contributed by atoms with Gasteiger partial charge in [0.25, 0.3) is 5.91 Å². The smallest absolute Gasteiger partial charge is 0.265 e. The maximum absolute atomic E-state index is 13.3. The van der Waals surface area contributed by atoms with E-state index in [0.717, 1.165) is 41.8 Å². The van der Waals surface area contributed by atoms with Crippen LogP contribution in [0.2, 0.25) is 0 Å². The van der Waals surface area contributed by atoms with Crippen LogP contribution in [0.3, 0.4) is 0 Å². The molecule has 5 rings (SSSR count). The van der Waals surface area contributed by atoms with Gasteiger partial charge in [0.2, 0.25) is 0 Å². The third-order valence-electron chi connectivity index (χ3n) is 7.18. The summed E-state index contributed by atoms with van der Waals surface area (Å²) in [4.78, 5) is 16.9. The predicted octanol–water partition coefficient (Wildman–Crippen LogP) is 4.35. The molecule has 2 aliphatic rings. The van der Waals surface area contributed by atoms with Crippen molar-refractivity contribution in [1.82, 2.24) is 20.0 Å². The first-order valence-corrected chi connectivity index (χ1v) is 15.0. The Kier molecular flexibility index (Phi) is 7.30. The van der Waals surface area contributed by atoms with Crippen molar-refractivity contribution in [3.05, 3.63) is 53.6 Å². The van der Waals surface area contributed by atoms with Crippen LogP contribution < -0.4 is 10.6 Å². The van der Waals surface area contributed by atoms with Crippen LogP contribution >= 0.6 is 11.3 Å². The molecule has 0 spiro atoms. The van der Waals surface area contributed by atoms with Crippen molar-refractivity contribution < 1.29 is 13.2 Å². The predicted molar refractivity (Wildman–Crippen MR) is 144 cm³/mol. The molecule has 10 heteroatoms. The van der Waals surface area contributed by atoms with Gasteiger partial charge < -0.3 is 10.6 Å². The molecule has 1 unspecified atom stereocenters. The molecule has 36 heavy (non-hydrogen) atoms. The van der Waals surface area contributed by atoms with Gasteiger partial charge in [0, 0.05) is 37.3 Å². The van der Waals surface area contributed by atoms with Crippen LogP contribution in [0, 0.1) is 6.92 Å². The summed E-state index contributed by atoms with van der Waals surface area (Å²) in [7, 11) is -3.62. The van der Waals surface area contributed by atoms with Crippen molar-refractivity contribution in [3.63, 3.8) is 0 Å². The monoisotopic (exact) mass is 527 g/mol. The number of rotatable bonds is 7. The quantitative estimate of drug-likeness (QED) is 0.444. The summed E-state index contributed by atoms with van der Waals surface area (Å²) in [6.07, 6.45) is 7.48. The van der Waals surface area contributed by atoms with E-state index in [-0.39, 0.29) is 10.8 Å². The normalized spacial score (nSPS) is 18.8. The van der Waals surface area contributed by atoms with E-state index in [1.165, 1.54) is 36.7 Å². The van der Waals surface area contributed by atoms with Crippen molar-refractivity contribution in [2.24, 2.45) is 0 Å². The van der Waals surface area contributed by atoms with E-state index in [1.807, 2.05) is 17.9 Å². The summed E-state index contributed by atoms with van der Waals surface area (Å²) in [5.41, 5.74) is 1.50. The molecule has 0 bridgehead atoms. The summed E-state index contributed by atoms with van der Waals surface area (Å²) in [5, 5.41) is 11.2. The Morgan fingerprint density at radius 3 is 2.56 bits per heavy atom. The SMILES string of the molecule is C=CC(N1CCNCC1)S(=O)(=O)c1ccc(NC(=O)c2cc3c(C)nn(C4CCCCC4)c3s2)cc1. The molecule has 2 aromatic heterocycles. The number of amides is 1. The van der Waals surface area contributed by atoms with Gasteiger partial charge >= 0.3 is 0 Å². The minimum atomic E-state index is -3.62. The highest BCUT2D eigenvalue weighted by atomic mass is 32.2. The van der Waals surface area contributed by atoms with Crippen LogP contribution in [0.15, 0.2) is 47.9 Å². The maximum atomic E-state index is 13.3. The van der Waals surface area contributed by atoms with Gasteiger partial charge in [0.15, 0.2) is 9.84 Å². The number of benzene rings is 1. The molecule has 1 aromatic carbocycles. The van der Waals surface area contributed by atoms with Crippen LogP contribution in [0.4, 0.5) is 5.69 Å². The first-order valence-electron chi connectivity index (χ1n) is 12.6. The van der Waals surface area contributed by atoms with Gasteiger partial charge in [-0.05, 0) is 50.1 Å². The number of aromatic nitrogens is 2. The van der Waals surface area contributed by atoms with Gasteiger partial charge in [-0.2, -0.15) is 5.10 Å². The summed E-state index contributed by atoms with van der Waals surface area (Å²) >= 11 is 1.47. The molecule has 3 heterocycles. The fourth-order valence-corrected chi connectivity index (χ4v) is 8.01. The lowest BCUT2D eigenvalue weighted by molar-refractivity contribution is 0.103. The Balaban J connectivity index is 1.31. The van der Waals surface area contributed by atoms with Gasteiger partial charge in [0.1, 0.15) is 10.2 Å². The highest BCUT2D eigenvalue weighted by Crippen LogP contribution is 2.35. The molecule has 192 valence electrons. The average molecular weight is 528 g/mol. The summed E-state index contributed by atoms with van der Waals surface area (Å²) < 4.78 is 28.6. The first-order chi connectivity index (χ1) is 17.4. The van der Waals surface area contributed by atoms with Gasteiger partial charge in [-0.15, -0.1) is 17.9 Å². The molecular weight excluding hydrogens is 494 g/mol. The number of sulfone groups is 1. The average Bonchev–Trinajstić information content (AvgIpc) is 3.46. The molecule has 2 fully saturated rings. The van der Waals surface area contributed by atoms with Crippen LogP contribution in [0.1, 0.15) is 53.5 Å². The van der Waals surface area contributed by atoms with Crippen LogP contribution in [-0.2, 0) is 9.84 Å². The number of hydrogen-bond acceptors (Lipinski definition) is 7. The molecule has 1 saturated carbocycles. The van der Waals surface area contributed by atoms with Crippen LogP contribution in [0.5, 0.6) is 0 Å². The number of nitrogens with one attached hydrogen (secondary N) is 2. The maximum Gasteiger partial charge on any atom is 0.265 e. The first kappa shape index (κ1) is 25.1. The lowest BCUT2D eigenvalue weighted by Crippen LogP contribution is -2.50. The lowest BCUT2D eigenvalue weighted by Gasteiger charge is -2.32. The number of piperazine rings is 1. The minimum absolute atomic E-state index is 0.203. The minimum Gasteiger partial charge on any atom is -0.321 e. The number of hydrogen-bond donors (Lipinski definition) is 2. The highest BCUT2D eigenvalue weighted by Gasteiger charge is 2.31. The van der Waals surface area contributed by atoms with Gasteiger partial charge in [-0.3, -0.25) is 14.4 Å². The van der Waals surface area contributed by atoms with Gasteiger partial charge in [-0.1, -0.05) is 25.3 Å². The number of nitrogens with zero attached hydrogens (tertiary/aromatic N) is 3. The van der Waals surface area contributed by atoms with Crippen molar-refractivity contribution >= 4 is 43.0 Å². The number of anilines is 1. The zero-order valence-corrected chi connectivity index (χ0v) is 22.2. The second kappa shape index (κ2) is 10.5. The Morgan fingerprint density at radius 2 is 1.89 bits per heavy atom. The van der Waals surface area contributed by atoms with Crippen molar-refractivity contribution in [3.8, 4) is 0 Å². The van der Waals surface area contributed by atoms with Crippen molar-refractivity contribution in [2.45, 2.75) is 55.3 Å². The number of thiophene rings is 1. The zero-order chi connectivity index (χ0) is 25.3. The molecular formula is C26H33N5O3S2. The molecule has 0 radical (unpaired) electrons. The largest absolute Gasteiger partial charge is 0.321 e. The summed E-state index contributed by atoms with van der Waals surface area (Å²) in [6, 6.07) is 8.72.